The van der Waals surface area contributed by atoms with Crippen LogP contribution in [0.1, 0.15) is 22.6 Å². The molecular formula is C35H28FNO4S2. The van der Waals surface area contributed by atoms with Gasteiger partial charge in [-0.2, -0.15) is 0 Å². The number of aromatic amines is 1. The Balaban J connectivity index is 1.80. The molecule has 0 saturated carbocycles. The van der Waals surface area contributed by atoms with Crippen LogP contribution in [0.15, 0.2) is 149 Å². The van der Waals surface area contributed by atoms with E-state index in [-0.39, 0.29) is 11.1 Å². The third-order valence-electron chi connectivity index (χ3n) is 7.69. The number of hydrogen-bond acceptors (Lipinski definition) is 4. The molecular weight excluding hydrogens is 582 g/mol. The van der Waals surface area contributed by atoms with Gasteiger partial charge in [-0.15, -0.1) is 0 Å². The minimum atomic E-state index is -5.23. The molecule has 0 aliphatic carbocycles. The molecule has 1 N–H and O–H groups in total. The van der Waals surface area contributed by atoms with E-state index in [9.17, 15) is 16.8 Å². The number of H-pyrrole nitrogens is 1. The predicted molar refractivity (Wildman–Crippen MR) is 168 cm³/mol. The molecule has 0 amide bonds. The third-order valence-corrected chi connectivity index (χ3v) is 12.7. The highest BCUT2D eigenvalue weighted by Gasteiger charge is 2.64. The average molecular weight is 610 g/mol. The van der Waals surface area contributed by atoms with Gasteiger partial charge in [0.15, 0.2) is 0 Å². The summed E-state index contributed by atoms with van der Waals surface area (Å²) in [6, 6.07) is 36.8. The monoisotopic (exact) mass is 609 g/mol. The Kier molecular flexibility index (Phi) is 7.28. The molecule has 1 atom stereocenters. The second-order valence-electron chi connectivity index (χ2n) is 10.4. The first-order valence-electron chi connectivity index (χ1n) is 13.7. The van der Waals surface area contributed by atoms with Crippen LogP contribution in [0, 0.1) is 6.92 Å². The molecule has 0 aliphatic rings. The number of rotatable bonds is 8. The molecule has 0 radical (unpaired) electrons. The molecule has 0 saturated heterocycles. The van der Waals surface area contributed by atoms with Gasteiger partial charge >= 0.3 is 4.33 Å². The van der Waals surface area contributed by atoms with Crippen molar-refractivity contribution in [2.24, 2.45) is 0 Å². The lowest BCUT2D eigenvalue weighted by Gasteiger charge is -2.34. The highest BCUT2D eigenvalue weighted by molar-refractivity contribution is 8.10. The zero-order chi connectivity index (χ0) is 30.2. The van der Waals surface area contributed by atoms with Crippen molar-refractivity contribution in [2.45, 2.75) is 27.0 Å². The number of para-hydroxylation sites is 1. The Bertz CT molecular complexity index is 2040. The molecule has 0 aliphatic heterocycles. The van der Waals surface area contributed by atoms with E-state index in [1.54, 1.807) is 54.6 Å². The highest BCUT2D eigenvalue weighted by atomic mass is 32.3. The molecule has 6 rings (SSSR count). The number of alkyl halides is 1. The lowest BCUT2D eigenvalue weighted by Crippen LogP contribution is -2.48. The van der Waals surface area contributed by atoms with Gasteiger partial charge in [0.2, 0.25) is 19.7 Å². The van der Waals surface area contributed by atoms with Gasteiger partial charge in [0, 0.05) is 10.9 Å². The zero-order valence-electron chi connectivity index (χ0n) is 23.2. The van der Waals surface area contributed by atoms with Crippen LogP contribution in [-0.2, 0) is 19.7 Å². The minimum Gasteiger partial charge on any atom is -0.354 e. The second kappa shape index (κ2) is 10.9. The number of aromatic nitrogens is 1. The molecule has 1 heterocycles. The average Bonchev–Trinajstić information content (AvgIpc) is 3.42. The molecule has 1 unspecified atom stereocenters. The van der Waals surface area contributed by atoms with Crippen LogP contribution in [0.2, 0.25) is 0 Å². The Hall–Kier alpha value is -4.53. The van der Waals surface area contributed by atoms with Crippen LogP contribution in [-0.4, -0.2) is 26.2 Å². The number of benzene rings is 5. The van der Waals surface area contributed by atoms with Crippen LogP contribution in [0.5, 0.6) is 0 Å². The number of sulfone groups is 2. The SMILES string of the molecule is Cc1ccc(C(c2c(-c3ccccc3)[nH]c3ccccc23)C(F)(S(=O)(=O)c2ccccc2)S(=O)(=O)c2ccccc2)cc1. The van der Waals surface area contributed by atoms with Crippen LogP contribution in [0.25, 0.3) is 22.2 Å². The van der Waals surface area contributed by atoms with Crippen LogP contribution >= 0.6 is 0 Å². The standard InChI is InChI=1S/C35H28FNO4S2/c1-25-21-23-26(24-22-25)33(32-30-19-11-12-20-31(30)37-34(32)27-13-5-2-6-14-27)35(36,42(38,39)28-15-7-3-8-16-28)43(40,41)29-17-9-4-10-18-29/h2-24,33,37H,1H3. The third kappa shape index (κ3) is 4.67. The van der Waals surface area contributed by atoms with Gasteiger partial charge in [-0.3, -0.25) is 0 Å². The molecule has 216 valence electrons. The van der Waals surface area contributed by atoms with Gasteiger partial charge < -0.3 is 4.98 Å². The maximum atomic E-state index is 18.8. The van der Waals surface area contributed by atoms with Crippen molar-refractivity contribution < 1.29 is 21.2 Å². The molecule has 1 aromatic heterocycles. The van der Waals surface area contributed by atoms with Gasteiger partial charge in [-0.1, -0.05) is 115 Å². The summed E-state index contributed by atoms with van der Waals surface area (Å²) in [4.78, 5) is 2.47. The summed E-state index contributed by atoms with van der Waals surface area (Å²) in [5, 5.41) is 0.514. The molecule has 43 heavy (non-hydrogen) atoms. The van der Waals surface area contributed by atoms with Crippen molar-refractivity contribution in [1.82, 2.24) is 4.98 Å². The topological polar surface area (TPSA) is 84.1 Å². The Morgan fingerprint density at radius 2 is 1.07 bits per heavy atom. The number of aryl methyl sites for hydroxylation is 1. The number of nitrogens with one attached hydrogen (secondary N) is 1. The summed E-state index contributed by atoms with van der Waals surface area (Å²) in [7, 11) is -10.5. The lowest BCUT2D eigenvalue weighted by atomic mass is 9.87. The second-order valence-corrected chi connectivity index (χ2v) is 14.8. The van der Waals surface area contributed by atoms with Gasteiger partial charge in [0.05, 0.1) is 21.4 Å². The van der Waals surface area contributed by atoms with E-state index in [4.69, 9.17) is 0 Å². The van der Waals surface area contributed by atoms with Crippen molar-refractivity contribution in [3.63, 3.8) is 0 Å². The van der Waals surface area contributed by atoms with Gasteiger partial charge in [-0.05, 0) is 53.9 Å². The van der Waals surface area contributed by atoms with Crippen molar-refractivity contribution in [3.05, 3.63) is 156 Å². The van der Waals surface area contributed by atoms with Crippen LogP contribution in [0.4, 0.5) is 4.39 Å². The zero-order valence-corrected chi connectivity index (χ0v) is 24.8. The summed E-state index contributed by atoms with van der Waals surface area (Å²) < 4.78 is 73.6. The Morgan fingerprint density at radius 1 is 0.605 bits per heavy atom. The van der Waals surface area contributed by atoms with Crippen molar-refractivity contribution >= 4 is 30.6 Å². The van der Waals surface area contributed by atoms with Crippen molar-refractivity contribution in [2.75, 3.05) is 0 Å². The summed E-state index contributed by atoms with van der Waals surface area (Å²) in [5.74, 6) is -1.80. The number of hydrogen-bond donors (Lipinski definition) is 1. The van der Waals surface area contributed by atoms with E-state index in [1.165, 1.54) is 48.5 Å². The van der Waals surface area contributed by atoms with Gasteiger partial charge in [0.1, 0.15) is 0 Å². The van der Waals surface area contributed by atoms with Crippen molar-refractivity contribution in [1.29, 1.82) is 0 Å². The Morgan fingerprint density at radius 3 is 1.60 bits per heavy atom. The molecule has 8 heteroatoms. The van der Waals surface area contributed by atoms with Crippen LogP contribution in [0.3, 0.4) is 0 Å². The maximum absolute atomic E-state index is 18.8. The first-order chi connectivity index (χ1) is 20.7. The Labute approximate surface area is 250 Å². The van der Waals surface area contributed by atoms with E-state index in [0.29, 0.717) is 22.2 Å². The fraction of sp³-hybridized carbons (Fsp3) is 0.0857. The lowest BCUT2D eigenvalue weighted by molar-refractivity contribution is 0.328. The largest absolute Gasteiger partial charge is 0.354 e. The molecule has 0 fully saturated rings. The molecule has 0 spiro atoms. The first kappa shape index (κ1) is 28.6. The molecule has 6 aromatic rings. The molecule has 5 nitrogen and oxygen atoms in total. The fourth-order valence-electron chi connectivity index (χ4n) is 5.57. The quantitative estimate of drug-likeness (QED) is 0.191. The smallest absolute Gasteiger partial charge is 0.328 e. The molecule has 5 aromatic carbocycles. The fourth-order valence-corrected chi connectivity index (χ4v) is 10.1. The first-order valence-corrected chi connectivity index (χ1v) is 16.6. The summed E-state index contributed by atoms with van der Waals surface area (Å²) >= 11 is 0. The predicted octanol–water partition coefficient (Wildman–Crippen LogP) is 7.85. The van der Waals surface area contributed by atoms with E-state index < -0.39 is 39.7 Å². The van der Waals surface area contributed by atoms with E-state index in [2.05, 4.69) is 4.98 Å². The van der Waals surface area contributed by atoms with E-state index >= 15 is 4.39 Å². The van der Waals surface area contributed by atoms with E-state index in [1.807, 2.05) is 43.3 Å². The van der Waals surface area contributed by atoms with Crippen LogP contribution < -0.4 is 0 Å². The van der Waals surface area contributed by atoms with Crippen molar-refractivity contribution in [3.8, 4) is 11.3 Å². The summed E-state index contributed by atoms with van der Waals surface area (Å²) in [5.41, 5.74) is 2.99. The summed E-state index contributed by atoms with van der Waals surface area (Å²) in [6.07, 6.45) is 0. The van der Waals surface area contributed by atoms with E-state index in [0.717, 1.165) is 5.56 Å². The normalized spacial score (nSPS) is 13.2. The summed E-state index contributed by atoms with van der Waals surface area (Å²) in [6.45, 7) is 1.85. The highest BCUT2D eigenvalue weighted by Crippen LogP contribution is 2.53. The van der Waals surface area contributed by atoms with Gasteiger partial charge in [0.25, 0.3) is 0 Å². The molecule has 0 bridgehead atoms. The minimum absolute atomic E-state index is 0.203. The maximum Gasteiger partial charge on any atom is 0.328 e. The number of fused-ring (bicyclic) bond motifs is 1. The number of halogens is 1. The van der Waals surface area contributed by atoms with Gasteiger partial charge in [-0.25, -0.2) is 21.2 Å².